The maximum atomic E-state index is 13.0. The van der Waals surface area contributed by atoms with Gasteiger partial charge in [-0.2, -0.15) is 0 Å². The third-order valence-electron chi connectivity index (χ3n) is 2.98. The number of fused-ring (bicyclic) bond motifs is 1. The topological polar surface area (TPSA) is 31.4 Å². The van der Waals surface area contributed by atoms with E-state index >= 15 is 0 Å². The number of ether oxygens (including phenoxy) is 2. The molecule has 5 heteroatoms. The first kappa shape index (κ1) is 12.9. The molecule has 0 radical (unpaired) electrons. The van der Waals surface area contributed by atoms with Gasteiger partial charge in [0.05, 0.1) is 18.9 Å². The molecule has 1 aromatic heterocycles. The van der Waals surface area contributed by atoms with Crippen LogP contribution >= 0.6 is 11.3 Å². The van der Waals surface area contributed by atoms with E-state index in [9.17, 15) is 4.39 Å². The van der Waals surface area contributed by atoms with Crippen LogP contribution in [0.15, 0.2) is 36.4 Å². The summed E-state index contributed by atoms with van der Waals surface area (Å²) in [6.45, 7) is 0. The van der Waals surface area contributed by atoms with Gasteiger partial charge in [0.1, 0.15) is 27.8 Å². The van der Waals surface area contributed by atoms with Gasteiger partial charge in [-0.15, -0.1) is 11.3 Å². The van der Waals surface area contributed by atoms with E-state index in [0.29, 0.717) is 5.75 Å². The third kappa shape index (κ3) is 2.20. The van der Waals surface area contributed by atoms with E-state index in [4.69, 9.17) is 9.47 Å². The van der Waals surface area contributed by atoms with Crippen LogP contribution in [0.25, 0.3) is 20.8 Å². The van der Waals surface area contributed by atoms with Gasteiger partial charge < -0.3 is 9.47 Å². The number of nitrogens with zero attached hydrogens (tertiary/aromatic N) is 1. The van der Waals surface area contributed by atoms with Crippen LogP contribution in [0.5, 0.6) is 11.5 Å². The Hall–Kier alpha value is -2.14. The standard InChI is InChI=1S/C15H12FNO2S/c1-18-11-7-12(19-2)14-13(8-11)20-15(17-14)9-3-5-10(16)6-4-9/h3-8H,1-2H3. The number of halogens is 1. The molecule has 0 saturated heterocycles. The fourth-order valence-corrected chi connectivity index (χ4v) is 2.98. The van der Waals surface area contributed by atoms with Crippen molar-refractivity contribution in [1.29, 1.82) is 0 Å². The van der Waals surface area contributed by atoms with Gasteiger partial charge in [-0.3, -0.25) is 0 Å². The van der Waals surface area contributed by atoms with Gasteiger partial charge >= 0.3 is 0 Å². The summed E-state index contributed by atoms with van der Waals surface area (Å²) in [6, 6.07) is 10.0. The fourth-order valence-electron chi connectivity index (χ4n) is 1.96. The highest BCUT2D eigenvalue weighted by Gasteiger charge is 2.12. The van der Waals surface area contributed by atoms with E-state index in [-0.39, 0.29) is 5.82 Å². The number of methoxy groups -OCH3 is 2. The first-order valence-electron chi connectivity index (χ1n) is 6.00. The number of rotatable bonds is 3. The molecule has 3 rings (SSSR count). The Labute approximate surface area is 119 Å². The summed E-state index contributed by atoms with van der Waals surface area (Å²) in [5.74, 6) is 1.14. The Morgan fingerprint density at radius 3 is 2.45 bits per heavy atom. The van der Waals surface area contributed by atoms with Gasteiger partial charge in [-0.1, -0.05) is 0 Å². The molecule has 0 spiro atoms. The van der Waals surface area contributed by atoms with Crippen LogP contribution in [0, 0.1) is 5.82 Å². The van der Waals surface area contributed by atoms with E-state index in [1.807, 2.05) is 6.07 Å². The summed E-state index contributed by atoms with van der Waals surface area (Å²) < 4.78 is 24.5. The quantitative estimate of drug-likeness (QED) is 0.727. The average Bonchev–Trinajstić information content (AvgIpc) is 2.90. The summed E-state index contributed by atoms with van der Waals surface area (Å²) in [5.41, 5.74) is 1.67. The van der Waals surface area contributed by atoms with Crippen LogP contribution in [0.2, 0.25) is 0 Å². The molecule has 0 aliphatic heterocycles. The lowest BCUT2D eigenvalue weighted by Crippen LogP contribution is -1.87. The van der Waals surface area contributed by atoms with Crippen molar-refractivity contribution in [2.75, 3.05) is 14.2 Å². The minimum Gasteiger partial charge on any atom is -0.497 e. The molecule has 0 aliphatic rings. The van der Waals surface area contributed by atoms with Crippen molar-refractivity contribution < 1.29 is 13.9 Å². The lowest BCUT2D eigenvalue weighted by atomic mass is 10.2. The number of hydrogen-bond acceptors (Lipinski definition) is 4. The smallest absolute Gasteiger partial charge is 0.149 e. The molecule has 0 atom stereocenters. The lowest BCUT2D eigenvalue weighted by Gasteiger charge is -2.03. The van der Waals surface area contributed by atoms with E-state index in [0.717, 1.165) is 26.5 Å². The number of thiazole rings is 1. The van der Waals surface area contributed by atoms with Crippen LogP contribution in [-0.2, 0) is 0 Å². The lowest BCUT2D eigenvalue weighted by molar-refractivity contribution is 0.397. The second-order valence-electron chi connectivity index (χ2n) is 4.20. The summed E-state index contributed by atoms with van der Waals surface area (Å²) in [6.07, 6.45) is 0. The molecule has 0 aliphatic carbocycles. The monoisotopic (exact) mass is 289 g/mol. The highest BCUT2D eigenvalue weighted by molar-refractivity contribution is 7.21. The molecule has 0 amide bonds. The zero-order chi connectivity index (χ0) is 14.1. The van der Waals surface area contributed by atoms with Gasteiger partial charge in [0.15, 0.2) is 0 Å². The van der Waals surface area contributed by atoms with Gasteiger partial charge in [0, 0.05) is 11.6 Å². The van der Waals surface area contributed by atoms with Crippen LogP contribution in [-0.4, -0.2) is 19.2 Å². The second-order valence-corrected chi connectivity index (χ2v) is 5.23. The van der Waals surface area contributed by atoms with Gasteiger partial charge in [-0.05, 0) is 30.3 Å². The summed E-state index contributed by atoms with van der Waals surface area (Å²) in [7, 11) is 3.22. The first-order valence-corrected chi connectivity index (χ1v) is 6.81. The molecule has 2 aromatic carbocycles. The van der Waals surface area contributed by atoms with E-state index in [1.165, 1.54) is 23.5 Å². The molecule has 20 heavy (non-hydrogen) atoms. The summed E-state index contributed by atoms with van der Waals surface area (Å²) in [4.78, 5) is 4.57. The predicted molar refractivity (Wildman–Crippen MR) is 78.1 cm³/mol. The zero-order valence-electron chi connectivity index (χ0n) is 11.0. The Kier molecular flexibility index (Phi) is 3.28. The van der Waals surface area contributed by atoms with Crippen molar-refractivity contribution in [2.45, 2.75) is 0 Å². The molecule has 0 N–H and O–H groups in total. The molecule has 1 heterocycles. The number of aromatic nitrogens is 1. The molecular weight excluding hydrogens is 277 g/mol. The Morgan fingerprint density at radius 2 is 1.80 bits per heavy atom. The normalized spacial score (nSPS) is 10.8. The Balaban J connectivity index is 2.16. The molecule has 0 fully saturated rings. The average molecular weight is 289 g/mol. The van der Waals surface area contributed by atoms with E-state index < -0.39 is 0 Å². The number of hydrogen-bond donors (Lipinski definition) is 0. The predicted octanol–water partition coefficient (Wildman–Crippen LogP) is 4.12. The largest absolute Gasteiger partial charge is 0.497 e. The first-order chi connectivity index (χ1) is 9.71. The molecule has 0 unspecified atom stereocenters. The van der Waals surface area contributed by atoms with Gasteiger partial charge in [-0.25, -0.2) is 9.37 Å². The highest BCUT2D eigenvalue weighted by Crippen LogP contribution is 2.37. The van der Waals surface area contributed by atoms with Gasteiger partial charge in [0.25, 0.3) is 0 Å². The van der Waals surface area contributed by atoms with Crippen LogP contribution in [0.1, 0.15) is 0 Å². The van der Waals surface area contributed by atoms with Crippen LogP contribution in [0.3, 0.4) is 0 Å². The van der Waals surface area contributed by atoms with Gasteiger partial charge in [0.2, 0.25) is 0 Å². The van der Waals surface area contributed by atoms with Crippen molar-refractivity contribution in [2.24, 2.45) is 0 Å². The van der Waals surface area contributed by atoms with Crippen molar-refractivity contribution in [3.63, 3.8) is 0 Å². The fraction of sp³-hybridized carbons (Fsp3) is 0.133. The second kappa shape index (κ2) is 5.09. The maximum absolute atomic E-state index is 13.0. The molecular formula is C15H12FNO2S. The van der Waals surface area contributed by atoms with Crippen LogP contribution in [0.4, 0.5) is 4.39 Å². The summed E-state index contributed by atoms with van der Waals surface area (Å²) in [5, 5.41) is 0.826. The molecule has 3 nitrogen and oxygen atoms in total. The minimum atomic E-state index is -0.255. The Bertz CT molecular complexity index is 752. The third-order valence-corrected chi connectivity index (χ3v) is 4.03. The van der Waals surface area contributed by atoms with E-state index in [2.05, 4.69) is 4.98 Å². The molecule has 3 aromatic rings. The highest BCUT2D eigenvalue weighted by atomic mass is 32.1. The number of benzene rings is 2. The van der Waals surface area contributed by atoms with Crippen molar-refractivity contribution in [1.82, 2.24) is 4.98 Å². The zero-order valence-corrected chi connectivity index (χ0v) is 11.8. The summed E-state index contributed by atoms with van der Waals surface area (Å²) >= 11 is 1.52. The molecule has 0 saturated carbocycles. The molecule has 0 bridgehead atoms. The van der Waals surface area contributed by atoms with Crippen molar-refractivity contribution in [3.8, 4) is 22.1 Å². The van der Waals surface area contributed by atoms with Crippen LogP contribution < -0.4 is 9.47 Å². The molecule has 102 valence electrons. The maximum Gasteiger partial charge on any atom is 0.149 e. The van der Waals surface area contributed by atoms with E-state index in [1.54, 1.807) is 32.4 Å². The minimum absolute atomic E-state index is 0.255. The van der Waals surface area contributed by atoms with Crippen molar-refractivity contribution >= 4 is 21.6 Å². The Morgan fingerprint density at radius 1 is 1.05 bits per heavy atom. The SMILES string of the molecule is COc1cc(OC)c2nc(-c3ccc(F)cc3)sc2c1. The van der Waals surface area contributed by atoms with Crippen molar-refractivity contribution in [3.05, 3.63) is 42.2 Å².